The number of benzene rings is 1. The smallest absolute Gasteiger partial charge is 0.123 e. The van der Waals surface area contributed by atoms with E-state index < -0.39 is 0 Å². The van der Waals surface area contributed by atoms with Gasteiger partial charge in [0.15, 0.2) is 0 Å². The number of hydrogen-bond donors (Lipinski definition) is 0. The molecule has 1 aliphatic rings. The van der Waals surface area contributed by atoms with Crippen LogP contribution in [0.15, 0.2) is 30.3 Å². The zero-order valence-electron chi connectivity index (χ0n) is 5.59. The van der Waals surface area contributed by atoms with E-state index in [0.717, 1.165) is 13.2 Å². The third-order valence-electron chi connectivity index (χ3n) is 0.937. The number of epoxide rings is 1. The molecule has 0 bridgehead atoms. The molecule has 0 saturated carbocycles. The molecule has 1 aliphatic heterocycles. The Morgan fingerprint density at radius 1 is 1.10 bits per heavy atom. The molecule has 0 aromatic heterocycles. The molecule has 1 fully saturated rings. The van der Waals surface area contributed by atoms with Crippen molar-refractivity contribution in [2.45, 2.75) is 0 Å². The molecule has 0 radical (unpaired) electrons. The second-order valence-corrected chi connectivity index (χ2v) is 1.91. The third-order valence-corrected chi connectivity index (χ3v) is 0.937. The van der Waals surface area contributed by atoms with Crippen LogP contribution in [0.5, 0.6) is 0 Å². The molecule has 0 atom stereocenters. The summed E-state index contributed by atoms with van der Waals surface area (Å²) in [7, 11) is 0. The Morgan fingerprint density at radius 3 is 1.80 bits per heavy atom. The summed E-state index contributed by atoms with van der Waals surface area (Å²) in [5.41, 5.74) is 0. The summed E-state index contributed by atoms with van der Waals surface area (Å²) in [5, 5.41) is 0. The summed E-state index contributed by atoms with van der Waals surface area (Å²) in [5.74, 6) is -0.178. The van der Waals surface area contributed by atoms with Crippen molar-refractivity contribution in [1.82, 2.24) is 0 Å². The third kappa shape index (κ3) is 4.04. The van der Waals surface area contributed by atoms with Crippen molar-refractivity contribution in [2.75, 3.05) is 13.2 Å². The van der Waals surface area contributed by atoms with E-state index in [2.05, 4.69) is 4.74 Å². The Bertz CT molecular complexity index is 169. The Hall–Kier alpha value is -0.890. The van der Waals surface area contributed by atoms with Crippen LogP contribution in [0.1, 0.15) is 0 Å². The molecule has 0 spiro atoms. The van der Waals surface area contributed by atoms with Crippen molar-refractivity contribution in [3.63, 3.8) is 0 Å². The molecule has 0 aliphatic carbocycles. The van der Waals surface area contributed by atoms with Gasteiger partial charge in [0, 0.05) is 0 Å². The van der Waals surface area contributed by atoms with E-state index in [1.54, 1.807) is 18.2 Å². The molecule has 0 amide bonds. The van der Waals surface area contributed by atoms with E-state index in [0.29, 0.717) is 0 Å². The van der Waals surface area contributed by atoms with Gasteiger partial charge >= 0.3 is 0 Å². The molecule has 1 heterocycles. The van der Waals surface area contributed by atoms with Crippen molar-refractivity contribution in [2.24, 2.45) is 0 Å². The molecule has 2 rings (SSSR count). The number of hydrogen-bond acceptors (Lipinski definition) is 1. The maximum atomic E-state index is 11.9. The van der Waals surface area contributed by atoms with Crippen molar-refractivity contribution >= 4 is 0 Å². The Morgan fingerprint density at radius 2 is 1.60 bits per heavy atom. The molecule has 0 unspecified atom stereocenters. The molecule has 1 saturated heterocycles. The zero-order valence-corrected chi connectivity index (χ0v) is 5.59. The number of halogens is 1. The maximum Gasteiger partial charge on any atom is 0.123 e. The highest BCUT2D eigenvalue weighted by molar-refractivity contribution is 5.02. The lowest BCUT2D eigenvalue weighted by Gasteiger charge is -1.78. The van der Waals surface area contributed by atoms with Crippen LogP contribution in [0.3, 0.4) is 0 Å². The Labute approximate surface area is 59.4 Å². The topological polar surface area (TPSA) is 12.5 Å². The summed E-state index contributed by atoms with van der Waals surface area (Å²) in [6, 6.07) is 7.94. The molecular formula is C8H9FO. The zero-order chi connectivity index (χ0) is 7.23. The van der Waals surface area contributed by atoms with Crippen molar-refractivity contribution in [1.29, 1.82) is 0 Å². The van der Waals surface area contributed by atoms with E-state index in [9.17, 15) is 4.39 Å². The van der Waals surface area contributed by atoms with E-state index >= 15 is 0 Å². The van der Waals surface area contributed by atoms with Crippen LogP contribution < -0.4 is 0 Å². The molecular weight excluding hydrogens is 131 g/mol. The summed E-state index contributed by atoms with van der Waals surface area (Å²) < 4.78 is 16.4. The van der Waals surface area contributed by atoms with Gasteiger partial charge in [-0.2, -0.15) is 0 Å². The standard InChI is InChI=1S/C6H5F.C2H4O/c7-6-4-2-1-3-5-6;1-2-3-1/h1-5H;1-2H2. The van der Waals surface area contributed by atoms with Gasteiger partial charge in [0.1, 0.15) is 5.82 Å². The van der Waals surface area contributed by atoms with Gasteiger partial charge in [-0.3, -0.25) is 0 Å². The number of rotatable bonds is 0. The normalized spacial score (nSPS) is 13.3. The van der Waals surface area contributed by atoms with Gasteiger partial charge in [0.2, 0.25) is 0 Å². The first kappa shape index (κ1) is 7.22. The van der Waals surface area contributed by atoms with Gasteiger partial charge in [0.05, 0.1) is 13.2 Å². The molecule has 1 aromatic rings. The van der Waals surface area contributed by atoms with Crippen LogP contribution in [0, 0.1) is 5.82 Å². The highest BCUT2D eigenvalue weighted by Crippen LogP contribution is 1.91. The average molecular weight is 140 g/mol. The van der Waals surface area contributed by atoms with Crippen molar-refractivity contribution < 1.29 is 9.13 Å². The van der Waals surface area contributed by atoms with Crippen LogP contribution in [0.2, 0.25) is 0 Å². The summed E-state index contributed by atoms with van der Waals surface area (Å²) in [4.78, 5) is 0. The van der Waals surface area contributed by atoms with E-state index in [1.807, 2.05) is 0 Å². The van der Waals surface area contributed by atoms with Crippen LogP contribution in [0.4, 0.5) is 4.39 Å². The molecule has 10 heavy (non-hydrogen) atoms. The quantitative estimate of drug-likeness (QED) is 0.501. The SMILES string of the molecule is C1CO1.Fc1ccccc1. The number of ether oxygens (including phenoxy) is 1. The molecule has 2 heteroatoms. The van der Waals surface area contributed by atoms with E-state index in [4.69, 9.17) is 0 Å². The monoisotopic (exact) mass is 140 g/mol. The van der Waals surface area contributed by atoms with E-state index in [1.165, 1.54) is 12.1 Å². The predicted octanol–water partition coefficient (Wildman–Crippen LogP) is 1.84. The lowest BCUT2D eigenvalue weighted by molar-refractivity contribution is 0.475. The highest BCUT2D eigenvalue weighted by Gasteiger charge is 1.94. The lowest BCUT2D eigenvalue weighted by atomic mass is 10.4. The predicted molar refractivity (Wildman–Crippen MR) is 37.2 cm³/mol. The van der Waals surface area contributed by atoms with Crippen LogP contribution in [-0.2, 0) is 4.74 Å². The minimum Gasteiger partial charge on any atom is -0.377 e. The van der Waals surface area contributed by atoms with Crippen LogP contribution in [-0.4, -0.2) is 13.2 Å². The van der Waals surface area contributed by atoms with Gasteiger partial charge in [-0.05, 0) is 12.1 Å². The molecule has 0 N–H and O–H groups in total. The van der Waals surface area contributed by atoms with Gasteiger partial charge in [0.25, 0.3) is 0 Å². The summed E-state index contributed by atoms with van der Waals surface area (Å²) in [6.07, 6.45) is 0. The summed E-state index contributed by atoms with van der Waals surface area (Å²) >= 11 is 0. The summed E-state index contributed by atoms with van der Waals surface area (Å²) in [6.45, 7) is 2.00. The lowest BCUT2D eigenvalue weighted by Crippen LogP contribution is -1.63. The fraction of sp³-hybridized carbons (Fsp3) is 0.250. The second-order valence-electron chi connectivity index (χ2n) is 1.91. The first-order valence-corrected chi connectivity index (χ1v) is 3.18. The Balaban J connectivity index is 0.000000138. The fourth-order valence-corrected chi connectivity index (χ4v) is 0.415. The minimum atomic E-state index is -0.178. The minimum absolute atomic E-state index is 0.178. The molecule has 1 aromatic carbocycles. The molecule has 1 nitrogen and oxygen atoms in total. The van der Waals surface area contributed by atoms with Crippen LogP contribution in [0.25, 0.3) is 0 Å². The largest absolute Gasteiger partial charge is 0.377 e. The first-order valence-electron chi connectivity index (χ1n) is 3.18. The van der Waals surface area contributed by atoms with Gasteiger partial charge in [-0.25, -0.2) is 4.39 Å². The average Bonchev–Trinajstić information content (AvgIpc) is 2.73. The Kier molecular flexibility index (Phi) is 2.90. The van der Waals surface area contributed by atoms with Gasteiger partial charge in [-0.1, -0.05) is 18.2 Å². The van der Waals surface area contributed by atoms with Gasteiger partial charge in [-0.15, -0.1) is 0 Å². The van der Waals surface area contributed by atoms with Crippen molar-refractivity contribution in [3.8, 4) is 0 Å². The van der Waals surface area contributed by atoms with Crippen molar-refractivity contribution in [3.05, 3.63) is 36.1 Å². The van der Waals surface area contributed by atoms with Crippen LogP contribution >= 0.6 is 0 Å². The van der Waals surface area contributed by atoms with Gasteiger partial charge < -0.3 is 4.74 Å². The fourth-order valence-electron chi connectivity index (χ4n) is 0.415. The highest BCUT2D eigenvalue weighted by atomic mass is 19.1. The maximum absolute atomic E-state index is 11.9. The van der Waals surface area contributed by atoms with E-state index in [-0.39, 0.29) is 5.82 Å². The molecule has 54 valence electrons. The second kappa shape index (κ2) is 4.01. The first-order chi connectivity index (χ1) is 4.89.